The Bertz CT molecular complexity index is 370. The highest BCUT2D eigenvalue weighted by molar-refractivity contribution is 6.28. The first-order valence-electron chi connectivity index (χ1n) is 5.14. The van der Waals surface area contributed by atoms with Crippen molar-refractivity contribution in [1.82, 2.24) is 9.97 Å². The summed E-state index contributed by atoms with van der Waals surface area (Å²) in [4.78, 5) is 9.99. The summed E-state index contributed by atoms with van der Waals surface area (Å²) < 4.78 is 0. The van der Waals surface area contributed by atoms with Crippen molar-refractivity contribution in [3.63, 3.8) is 0 Å². The van der Waals surface area contributed by atoms with Crippen LogP contribution >= 0.6 is 11.6 Å². The third-order valence-electron chi connectivity index (χ3n) is 2.33. The third kappa shape index (κ3) is 2.74. The van der Waals surface area contributed by atoms with Crippen LogP contribution in [0.15, 0.2) is 0 Å². The number of nitrogens with zero attached hydrogens (tertiary/aromatic N) is 3. The summed E-state index contributed by atoms with van der Waals surface area (Å²) >= 11 is 5.80. The first-order valence-corrected chi connectivity index (χ1v) is 5.52. The number of anilines is 2. The minimum absolute atomic E-state index is 0.0400. The Morgan fingerprint density at radius 2 is 2.06 bits per heavy atom. The highest BCUT2D eigenvalue weighted by Crippen LogP contribution is 2.25. The van der Waals surface area contributed by atoms with E-state index in [0.29, 0.717) is 23.7 Å². The molecule has 0 fully saturated rings. The van der Waals surface area contributed by atoms with E-state index >= 15 is 0 Å². The summed E-state index contributed by atoms with van der Waals surface area (Å²) in [7, 11) is 0. The van der Waals surface area contributed by atoms with Crippen molar-refractivity contribution in [2.45, 2.75) is 26.8 Å². The second-order valence-corrected chi connectivity index (χ2v) is 4.16. The van der Waals surface area contributed by atoms with Crippen LogP contribution in [0.3, 0.4) is 0 Å². The molecule has 0 amide bonds. The summed E-state index contributed by atoms with van der Waals surface area (Å²) in [6, 6.07) is 0.180. The second kappa shape index (κ2) is 5.32. The van der Waals surface area contributed by atoms with E-state index in [1.165, 1.54) is 0 Å². The van der Waals surface area contributed by atoms with Gasteiger partial charge in [-0.2, -0.15) is 4.98 Å². The van der Waals surface area contributed by atoms with Gasteiger partial charge in [-0.1, -0.05) is 0 Å². The number of aryl methyl sites for hydroxylation is 1. The van der Waals surface area contributed by atoms with Gasteiger partial charge >= 0.3 is 0 Å². The molecule has 3 N–H and O–H groups in total. The quantitative estimate of drug-likeness (QED) is 0.780. The van der Waals surface area contributed by atoms with Crippen LogP contribution in [0.25, 0.3) is 0 Å². The van der Waals surface area contributed by atoms with Gasteiger partial charge in [0.25, 0.3) is 0 Å². The molecule has 0 aliphatic heterocycles. The molecule has 0 aromatic carbocycles. The molecule has 0 atom stereocenters. The molecule has 0 aliphatic carbocycles. The summed E-state index contributed by atoms with van der Waals surface area (Å²) in [5.74, 6) is 0.585. The number of rotatable bonds is 4. The van der Waals surface area contributed by atoms with E-state index in [1.807, 2.05) is 18.7 Å². The fraction of sp³-hybridized carbons (Fsp3) is 0.600. The first-order chi connectivity index (χ1) is 7.47. The largest absolute Gasteiger partial charge is 0.395 e. The summed E-state index contributed by atoms with van der Waals surface area (Å²) in [5, 5.41) is 9.19. The molecule has 6 heteroatoms. The van der Waals surface area contributed by atoms with Crippen LogP contribution in [-0.2, 0) is 0 Å². The molecule has 0 aliphatic rings. The third-order valence-corrected chi connectivity index (χ3v) is 2.49. The maximum absolute atomic E-state index is 9.02. The van der Waals surface area contributed by atoms with E-state index in [2.05, 4.69) is 9.97 Å². The number of nitrogens with two attached hydrogens (primary N) is 1. The molecule has 0 bridgehead atoms. The Balaban J connectivity index is 3.17. The van der Waals surface area contributed by atoms with E-state index in [9.17, 15) is 0 Å². The molecule has 1 aromatic rings. The molecule has 0 spiro atoms. The van der Waals surface area contributed by atoms with Crippen LogP contribution in [0.1, 0.15) is 19.5 Å². The van der Waals surface area contributed by atoms with Crippen molar-refractivity contribution in [2.24, 2.45) is 0 Å². The van der Waals surface area contributed by atoms with Gasteiger partial charge in [-0.3, -0.25) is 0 Å². The lowest BCUT2D eigenvalue weighted by Gasteiger charge is -2.28. The zero-order valence-electron chi connectivity index (χ0n) is 9.74. The Kier molecular flexibility index (Phi) is 4.32. The number of nitrogen functional groups attached to an aromatic ring is 1. The lowest BCUT2D eigenvalue weighted by atomic mass is 10.2. The van der Waals surface area contributed by atoms with Crippen LogP contribution < -0.4 is 10.6 Å². The highest BCUT2D eigenvalue weighted by Gasteiger charge is 2.17. The van der Waals surface area contributed by atoms with Crippen LogP contribution in [0.5, 0.6) is 0 Å². The Hall–Kier alpha value is -1.07. The van der Waals surface area contributed by atoms with Crippen LogP contribution in [0, 0.1) is 6.92 Å². The summed E-state index contributed by atoms with van der Waals surface area (Å²) in [5.41, 5.74) is 7.07. The Labute approximate surface area is 100 Å². The molecule has 1 heterocycles. The molecule has 5 nitrogen and oxygen atoms in total. The molecule has 0 radical (unpaired) electrons. The fourth-order valence-corrected chi connectivity index (χ4v) is 1.68. The Morgan fingerprint density at radius 1 is 1.44 bits per heavy atom. The molecule has 1 aromatic heterocycles. The zero-order valence-corrected chi connectivity index (χ0v) is 10.5. The zero-order chi connectivity index (χ0) is 12.3. The van der Waals surface area contributed by atoms with E-state index in [1.54, 1.807) is 6.92 Å². The predicted molar refractivity (Wildman–Crippen MR) is 65.8 cm³/mol. The average molecular weight is 245 g/mol. The molecular weight excluding hydrogens is 228 g/mol. The Morgan fingerprint density at radius 3 is 2.56 bits per heavy atom. The molecule has 0 unspecified atom stereocenters. The second-order valence-electron chi connectivity index (χ2n) is 3.83. The smallest absolute Gasteiger partial charge is 0.224 e. The van der Waals surface area contributed by atoms with Gasteiger partial charge in [-0.15, -0.1) is 0 Å². The topological polar surface area (TPSA) is 75.3 Å². The van der Waals surface area contributed by atoms with Crippen LogP contribution in [0.4, 0.5) is 11.5 Å². The van der Waals surface area contributed by atoms with E-state index in [-0.39, 0.29) is 17.9 Å². The lowest BCUT2D eigenvalue weighted by molar-refractivity contribution is 0.298. The fourth-order valence-electron chi connectivity index (χ4n) is 1.47. The average Bonchev–Trinajstić information content (AvgIpc) is 2.20. The number of hydrogen-bond acceptors (Lipinski definition) is 5. The molecule has 0 saturated carbocycles. The van der Waals surface area contributed by atoms with Crippen molar-refractivity contribution >= 4 is 23.1 Å². The summed E-state index contributed by atoms with van der Waals surface area (Å²) in [6.07, 6.45) is 0. The standard InChI is InChI=1S/C10H17ClN4O/c1-6(2)15(4-5-16)9-8(12)7(3)13-10(11)14-9/h6,16H,4-5,12H2,1-3H3. The van der Waals surface area contributed by atoms with Crippen LogP contribution in [-0.4, -0.2) is 34.3 Å². The van der Waals surface area contributed by atoms with Gasteiger partial charge in [-0.05, 0) is 32.4 Å². The monoisotopic (exact) mass is 244 g/mol. The van der Waals surface area contributed by atoms with E-state index in [0.717, 1.165) is 0 Å². The van der Waals surface area contributed by atoms with Crippen molar-refractivity contribution in [1.29, 1.82) is 0 Å². The van der Waals surface area contributed by atoms with Crippen molar-refractivity contribution in [2.75, 3.05) is 23.8 Å². The van der Waals surface area contributed by atoms with Gasteiger partial charge in [-0.25, -0.2) is 4.98 Å². The van der Waals surface area contributed by atoms with Crippen LogP contribution in [0.2, 0.25) is 5.28 Å². The van der Waals surface area contributed by atoms with E-state index < -0.39 is 0 Å². The van der Waals surface area contributed by atoms with Gasteiger partial charge in [0.05, 0.1) is 18.0 Å². The number of halogens is 1. The van der Waals surface area contributed by atoms with Gasteiger partial charge in [0, 0.05) is 12.6 Å². The summed E-state index contributed by atoms with van der Waals surface area (Å²) in [6.45, 7) is 6.29. The molecular formula is C10H17ClN4O. The normalized spacial score (nSPS) is 10.9. The molecule has 1 rings (SSSR count). The first kappa shape index (κ1) is 13.0. The van der Waals surface area contributed by atoms with Gasteiger partial charge in [0.2, 0.25) is 5.28 Å². The molecule has 16 heavy (non-hydrogen) atoms. The SMILES string of the molecule is Cc1nc(Cl)nc(N(CCO)C(C)C)c1N. The predicted octanol–water partition coefficient (Wildman–Crippen LogP) is 1.23. The number of hydrogen-bond donors (Lipinski definition) is 2. The van der Waals surface area contributed by atoms with Crippen molar-refractivity contribution in [3.05, 3.63) is 11.0 Å². The van der Waals surface area contributed by atoms with Gasteiger partial charge in [0.1, 0.15) is 0 Å². The highest BCUT2D eigenvalue weighted by atomic mass is 35.5. The van der Waals surface area contributed by atoms with Gasteiger partial charge in [0.15, 0.2) is 5.82 Å². The number of aliphatic hydroxyl groups is 1. The van der Waals surface area contributed by atoms with Crippen molar-refractivity contribution < 1.29 is 5.11 Å². The van der Waals surface area contributed by atoms with E-state index in [4.69, 9.17) is 22.4 Å². The lowest BCUT2D eigenvalue weighted by Crippen LogP contribution is -2.35. The minimum Gasteiger partial charge on any atom is -0.395 e. The number of aromatic nitrogens is 2. The minimum atomic E-state index is 0.0400. The number of aliphatic hydroxyl groups excluding tert-OH is 1. The molecule has 90 valence electrons. The van der Waals surface area contributed by atoms with Crippen molar-refractivity contribution in [3.8, 4) is 0 Å². The van der Waals surface area contributed by atoms with Gasteiger partial charge < -0.3 is 15.7 Å². The maximum Gasteiger partial charge on any atom is 0.224 e. The maximum atomic E-state index is 9.02. The molecule has 0 saturated heterocycles.